The third kappa shape index (κ3) is 2.65. The van der Waals surface area contributed by atoms with Gasteiger partial charge in [0.1, 0.15) is 5.75 Å². The van der Waals surface area contributed by atoms with Gasteiger partial charge in [0.25, 0.3) is 5.91 Å². The van der Waals surface area contributed by atoms with Crippen LogP contribution in [0.15, 0.2) is 42.5 Å². The van der Waals surface area contributed by atoms with E-state index in [-0.39, 0.29) is 17.7 Å². The molecule has 5 heteroatoms. The third-order valence-electron chi connectivity index (χ3n) is 5.06. The van der Waals surface area contributed by atoms with Crippen LogP contribution < -0.4 is 15.0 Å². The van der Waals surface area contributed by atoms with E-state index >= 15 is 0 Å². The molecule has 2 aromatic rings. The summed E-state index contributed by atoms with van der Waals surface area (Å²) in [6.45, 7) is 0.939. The van der Waals surface area contributed by atoms with Gasteiger partial charge < -0.3 is 15.0 Å². The van der Waals surface area contributed by atoms with Crippen molar-refractivity contribution >= 4 is 17.5 Å². The van der Waals surface area contributed by atoms with Crippen molar-refractivity contribution in [2.75, 3.05) is 25.1 Å². The van der Waals surface area contributed by atoms with Crippen LogP contribution in [0.4, 0.5) is 5.69 Å². The first-order chi connectivity index (χ1) is 12.2. The van der Waals surface area contributed by atoms with Gasteiger partial charge in [-0.3, -0.25) is 9.59 Å². The molecular formula is C20H20N2O3. The Morgan fingerprint density at radius 1 is 1.24 bits per heavy atom. The number of methoxy groups -OCH3 is 1. The molecule has 1 atom stereocenters. The fraction of sp³-hybridized carbons (Fsp3) is 0.300. The topological polar surface area (TPSA) is 58.6 Å². The average molecular weight is 336 g/mol. The number of nitrogens with one attached hydrogen (secondary N) is 1. The standard InChI is InChI=1S/C20H20N2O3/c1-25-14-8-6-13-7-9-15(17(13)12-14)20(24)22-11-10-21-19(23)16-4-2-3-5-18(16)22/h2-6,8,12,15H,7,9-11H2,1H3,(H,21,23)/t15-/m0/s1. The third-order valence-corrected chi connectivity index (χ3v) is 5.06. The van der Waals surface area contributed by atoms with Crippen LogP contribution in [0.3, 0.4) is 0 Å². The summed E-state index contributed by atoms with van der Waals surface area (Å²) < 4.78 is 5.32. The van der Waals surface area contributed by atoms with Gasteiger partial charge in [-0.2, -0.15) is 0 Å². The fourth-order valence-corrected chi connectivity index (χ4v) is 3.78. The minimum Gasteiger partial charge on any atom is -0.497 e. The van der Waals surface area contributed by atoms with Crippen molar-refractivity contribution in [1.29, 1.82) is 0 Å². The van der Waals surface area contributed by atoms with Crippen LogP contribution >= 0.6 is 0 Å². The zero-order chi connectivity index (χ0) is 17.4. The molecular weight excluding hydrogens is 316 g/mol. The second-order valence-corrected chi connectivity index (χ2v) is 6.42. The number of carbonyl (C=O) groups is 2. The van der Waals surface area contributed by atoms with Gasteiger partial charge >= 0.3 is 0 Å². The number of anilines is 1. The Balaban J connectivity index is 1.71. The number of carbonyl (C=O) groups excluding carboxylic acids is 2. The van der Waals surface area contributed by atoms with Gasteiger partial charge in [-0.05, 0) is 48.2 Å². The van der Waals surface area contributed by atoms with Crippen LogP contribution in [0.5, 0.6) is 5.75 Å². The number of amides is 2. The molecule has 2 aromatic carbocycles. The largest absolute Gasteiger partial charge is 0.497 e. The summed E-state index contributed by atoms with van der Waals surface area (Å²) >= 11 is 0. The molecule has 0 radical (unpaired) electrons. The second kappa shape index (κ2) is 6.24. The number of para-hydroxylation sites is 1. The van der Waals surface area contributed by atoms with E-state index < -0.39 is 0 Å². The Labute approximate surface area is 146 Å². The summed E-state index contributed by atoms with van der Waals surface area (Å²) in [5.41, 5.74) is 3.50. The van der Waals surface area contributed by atoms with Gasteiger partial charge in [-0.1, -0.05) is 18.2 Å². The number of fused-ring (bicyclic) bond motifs is 2. The predicted octanol–water partition coefficient (Wildman–Crippen LogP) is 2.50. The normalized spacial score (nSPS) is 18.8. The maximum absolute atomic E-state index is 13.3. The number of benzene rings is 2. The molecule has 2 amide bonds. The lowest BCUT2D eigenvalue weighted by Crippen LogP contribution is -2.37. The minimum absolute atomic E-state index is 0.0518. The molecule has 0 fully saturated rings. The van der Waals surface area contributed by atoms with E-state index in [1.165, 1.54) is 5.56 Å². The van der Waals surface area contributed by atoms with Crippen LogP contribution in [0, 0.1) is 0 Å². The molecule has 1 aliphatic carbocycles. The number of aryl methyl sites for hydroxylation is 1. The summed E-state index contributed by atoms with van der Waals surface area (Å²) in [7, 11) is 1.63. The van der Waals surface area contributed by atoms with Crippen LogP contribution in [-0.4, -0.2) is 32.0 Å². The van der Waals surface area contributed by atoms with Crippen molar-refractivity contribution in [3.63, 3.8) is 0 Å². The lowest BCUT2D eigenvalue weighted by Gasteiger charge is -2.25. The second-order valence-electron chi connectivity index (χ2n) is 6.42. The van der Waals surface area contributed by atoms with Crippen molar-refractivity contribution in [3.8, 4) is 5.75 Å². The first-order valence-electron chi connectivity index (χ1n) is 8.54. The Hall–Kier alpha value is -2.82. The maximum Gasteiger partial charge on any atom is 0.253 e. The van der Waals surface area contributed by atoms with Gasteiger partial charge in [-0.25, -0.2) is 0 Å². The van der Waals surface area contributed by atoms with Gasteiger partial charge in [-0.15, -0.1) is 0 Å². The molecule has 5 nitrogen and oxygen atoms in total. The highest BCUT2D eigenvalue weighted by molar-refractivity contribution is 6.07. The van der Waals surface area contributed by atoms with E-state index in [9.17, 15) is 9.59 Å². The molecule has 0 unspecified atom stereocenters. The van der Waals surface area contributed by atoms with E-state index in [0.717, 1.165) is 24.2 Å². The smallest absolute Gasteiger partial charge is 0.253 e. The summed E-state index contributed by atoms with van der Waals surface area (Å²) in [6.07, 6.45) is 1.68. The van der Waals surface area contributed by atoms with Crippen LogP contribution in [0.1, 0.15) is 33.8 Å². The Morgan fingerprint density at radius 2 is 2.08 bits per heavy atom. The molecule has 0 spiro atoms. The Kier molecular flexibility index (Phi) is 3.92. The number of hydrogen-bond donors (Lipinski definition) is 1. The molecule has 1 aliphatic heterocycles. The molecule has 2 aliphatic rings. The number of hydrogen-bond acceptors (Lipinski definition) is 3. The summed E-state index contributed by atoms with van der Waals surface area (Å²) in [5.74, 6) is 0.508. The number of nitrogens with zero attached hydrogens (tertiary/aromatic N) is 1. The zero-order valence-corrected chi connectivity index (χ0v) is 14.1. The summed E-state index contributed by atoms with van der Waals surface area (Å²) in [4.78, 5) is 27.3. The quantitative estimate of drug-likeness (QED) is 0.917. The Morgan fingerprint density at radius 3 is 2.92 bits per heavy atom. The van der Waals surface area contributed by atoms with Crippen molar-refractivity contribution in [1.82, 2.24) is 5.32 Å². The highest BCUT2D eigenvalue weighted by atomic mass is 16.5. The average Bonchev–Trinajstić information content (AvgIpc) is 2.99. The minimum atomic E-state index is -0.189. The van der Waals surface area contributed by atoms with E-state index in [2.05, 4.69) is 5.32 Å². The van der Waals surface area contributed by atoms with E-state index in [1.807, 2.05) is 36.4 Å². The first-order valence-corrected chi connectivity index (χ1v) is 8.54. The fourth-order valence-electron chi connectivity index (χ4n) is 3.78. The molecule has 128 valence electrons. The van der Waals surface area contributed by atoms with Crippen molar-refractivity contribution in [2.45, 2.75) is 18.8 Å². The monoisotopic (exact) mass is 336 g/mol. The summed E-state index contributed by atoms with van der Waals surface area (Å²) in [6, 6.07) is 13.3. The highest BCUT2D eigenvalue weighted by Crippen LogP contribution is 2.38. The molecule has 0 saturated heterocycles. The highest BCUT2D eigenvalue weighted by Gasteiger charge is 2.34. The number of ether oxygens (including phenoxy) is 1. The molecule has 25 heavy (non-hydrogen) atoms. The molecule has 0 bridgehead atoms. The maximum atomic E-state index is 13.3. The lowest BCUT2D eigenvalue weighted by atomic mass is 9.98. The van der Waals surface area contributed by atoms with Gasteiger partial charge in [0, 0.05) is 13.1 Å². The molecule has 1 N–H and O–H groups in total. The van der Waals surface area contributed by atoms with Crippen molar-refractivity contribution in [3.05, 3.63) is 59.2 Å². The predicted molar refractivity (Wildman–Crippen MR) is 95.2 cm³/mol. The van der Waals surface area contributed by atoms with Gasteiger partial charge in [0.15, 0.2) is 0 Å². The van der Waals surface area contributed by atoms with Gasteiger partial charge in [0.2, 0.25) is 5.91 Å². The number of rotatable bonds is 2. The van der Waals surface area contributed by atoms with Crippen molar-refractivity contribution < 1.29 is 14.3 Å². The van der Waals surface area contributed by atoms with Crippen LogP contribution in [-0.2, 0) is 11.2 Å². The summed E-state index contributed by atoms with van der Waals surface area (Å²) in [5, 5.41) is 2.86. The van der Waals surface area contributed by atoms with Crippen LogP contribution in [0.2, 0.25) is 0 Å². The van der Waals surface area contributed by atoms with Crippen molar-refractivity contribution in [2.24, 2.45) is 0 Å². The van der Waals surface area contributed by atoms with E-state index in [1.54, 1.807) is 18.1 Å². The first kappa shape index (κ1) is 15.7. The molecule has 4 rings (SSSR count). The molecule has 1 heterocycles. The van der Waals surface area contributed by atoms with Gasteiger partial charge in [0.05, 0.1) is 24.3 Å². The Bertz CT molecular complexity index is 847. The zero-order valence-electron chi connectivity index (χ0n) is 14.1. The van der Waals surface area contributed by atoms with E-state index in [0.29, 0.717) is 24.3 Å². The SMILES string of the molecule is COc1ccc2c(c1)[C@@H](C(=O)N1CCNC(=O)c3ccccc31)CC2. The molecule has 0 aromatic heterocycles. The van der Waals surface area contributed by atoms with Crippen LogP contribution in [0.25, 0.3) is 0 Å². The molecule has 0 saturated carbocycles. The van der Waals surface area contributed by atoms with E-state index in [4.69, 9.17) is 4.74 Å². The lowest BCUT2D eigenvalue weighted by molar-refractivity contribution is -0.120.